The maximum atomic E-state index is 14.2. The molecule has 0 atom stereocenters. The van der Waals surface area contributed by atoms with E-state index in [0.29, 0.717) is 12.0 Å². The van der Waals surface area contributed by atoms with E-state index in [1.54, 1.807) is 13.0 Å². The lowest BCUT2D eigenvalue weighted by atomic mass is 10.2. The molecule has 0 saturated carbocycles. The van der Waals surface area contributed by atoms with Gasteiger partial charge in [-0.2, -0.15) is 0 Å². The van der Waals surface area contributed by atoms with Crippen molar-refractivity contribution in [3.8, 4) is 0 Å². The van der Waals surface area contributed by atoms with E-state index >= 15 is 0 Å². The van der Waals surface area contributed by atoms with E-state index in [4.69, 9.17) is 4.84 Å². The lowest BCUT2D eigenvalue weighted by Crippen LogP contribution is -2.43. The van der Waals surface area contributed by atoms with Gasteiger partial charge in [0.15, 0.2) is 0 Å². The molecule has 9 heteroatoms. The van der Waals surface area contributed by atoms with E-state index in [1.165, 1.54) is 32.6 Å². The minimum Gasteiger partial charge on any atom is -0.338 e. The number of rotatable bonds is 6. The van der Waals surface area contributed by atoms with Crippen LogP contribution in [0, 0.1) is 12.7 Å². The summed E-state index contributed by atoms with van der Waals surface area (Å²) in [5.74, 6) is -1.53. The lowest BCUT2D eigenvalue weighted by Gasteiger charge is -2.17. The maximum absolute atomic E-state index is 14.2. The normalized spacial score (nSPS) is 10.2. The molecule has 160 valence electrons. The average Bonchev–Trinajstić information content (AvgIpc) is 2.67. The van der Waals surface area contributed by atoms with Crippen LogP contribution < -0.4 is 22.0 Å². The van der Waals surface area contributed by atoms with Crippen molar-refractivity contribution < 1.29 is 14.0 Å². The quantitative estimate of drug-likeness (QED) is 0.566. The summed E-state index contributed by atoms with van der Waals surface area (Å²) in [5.41, 5.74) is 1.07. The average molecular weight is 408 g/mol. The summed E-state index contributed by atoms with van der Waals surface area (Å²) >= 11 is 0. The number of amides is 1. The van der Waals surface area contributed by atoms with Crippen molar-refractivity contribution in [3.05, 3.63) is 56.0 Å². The summed E-state index contributed by atoms with van der Waals surface area (Å²) in [5, 5.41) is 2.67. The van der Waals surface area contributed by atoms with Gasteiger partial charge < -0.3 is 5.32 Å². The number of carbonyl (C=O) groups is 1. The van der Waals surface area contributed by atoms with Gasteiger partial charge in [0.2, 0.25) is 0 Å². The van der Waals surface area contributed by atoms with Crippen molar-refractivity contribution >= 4 is 17.4 Å². The number of hydroxylamine groups is 1. The highest BCUT2D eigenvalue weighted by molar-refractivity contribution is 5.98. The third kappa shape index (κ3) is 6.02. The molecule has 0 radical (unpaired) electrons. The van der Waals surface area contributed by atoms with Crippen LogP contribution in [0.25, 0.3) is 0 Å². The first-order valence-electron chi connectivity index (χ1n) is 9.44. The van der Waals surface area contributed by atoms with Crippen LogP contribution in [-0.4, -0.2) is 21.6 Å². The Balaban J connectivity index is 0.00000132. The topological polar surface area (TPSA) is 94.4 Å². The van der Waals surface area contributed by atoms with Gasteiger partial charge in [-0.25, -0.2) is 14.7 Å². The van der Waals surface area contributed by atoms with Gasteiger partial charge in [0.25, 0.3) is 11.5 Å². The van der Waals surface area contributed by atoms with Crippen molar-refractivity contribution in [3.63, 3.8) is 0 Å². The molecule has 0 saturated heterocycles. The van der Waals surface area contributed by atoms with E-state index in [1.807, 2.05) is 6.92 Å². The highest BCUT2D eigenvalue weighted by Crippen LogP contribution is 2.21. The van der Waals surface area contributed by atoms with Crippen LogP contribution >= 0.6 is 0 Å². The number of hydrogen-bond donors (Lipinski definition) is 2. The van der Waals surface area contributed by atoms with Crippen LogP contribution in [0.4, 0.5) is 15.9 Å². The predicted molar refractivity (Wildman–Crippen MR) is 111 cm³/mol. The number of anilines is 2. The van der Waals surface area contributed by atoms with Crippen LogP contribution in [0.1, 0.15) is 49.5 Å². The van der Waals surface area contributed by atoms with E-state index in [9.17, 15) is 18.8 Å². The molecule has 0 unspecified atom stereocenters. The third-order valence-electron chi connectivity index (χ3n) is 3.74. The molecule has 2 aromatic rings. The van der Waals surface area contributed by atoms with Crippen LogP contribution in [0.2, 0.25) is 0 Å². The van der Waals surface area contributed by atoms with Gasteiger partial charge in [0.05, 0.1) is 12.3 Å². The van der Waals surface area contributed by atoms with Crippen molar-refractivity contribution in [2.75, 3.05) is 11.9 Å². The number of benzene rings is 1. The van der Waals surface area contributed by atoms with Crippen molar-refractivity contribution in [1.82, 2.24) is 14.6 Å². The number of aryl methyl sites for hydroxylation is 1. The Labute approximate surface area is 169 Å². The maximum Gasteiger partial charge on any atom is 0.332 e. The summed E-state index contributed by atoms with van der Waals surface area (Å²) < 4.78 is 16.0. The number of carbonyl (C=O) groups excluding carboxylic acids is 1. The van der Waals surface area contributed by atoms with Gasteiger partial charge in [0.1, 0.15) is 17.2 Å². The Kier molecular flexibility index (Phi) is 9.27. The van der Waals surface area contributed by atoms with Crippen LogP contribution in [-0.2, 0) is 18.9 Å². The summed E-state index contributed by atoms with van der Waals surface area (Å²) in [6, 6.07) is 4.42. The minimum atomic E-state index is -0.829. The molecule has 1 aromatic heterocycles. The van der Waals surface area contributed by atoms with Crippen molar-refractivity contribution in [2.45, 2.75) is 40.5 Å². The second-order valence-electron chi connectivity index (χ2n) is 6.52. The zero-order valence-corrected chi connectivity index (χ0v) is 17.8. The van der Waals surface area contributed by atoms with Crippen LogP contribution in [0.5, 0.6) is 0 Å². The number of aromatic nitrogens is 2. The Morgan fingerprint density at radius 1 is 1.14 bits per heavy atom. The molecular weight excluding hydrogens is 379 g/mol. The third-order valence-corrected chi connectivity index (χ3v) is 3.74. The molecule has 1 heterocycles. The smallest absolute Gasteiger partial charge is 0.332 e. The van der Waals surface area contributed by atoms with Gasteiger partial charge in [0, 0.05) is 14.1 Å². The Morgan fingerprint density at radius 2 is 1.76 bits per heavy atom. The predicted octanol–water partition coefficient (Wildman–Crippen LogP) is 2.76. The van der Waals surface area contributed by atoms with Gasteiger partial charge in [-0.15, -0.1) is 0 Å². The molecule has 2 N–H and O–H groups in total. The summed E-state index contributed by atoms with van der Waals surface area (Å²) in [4.78, 5) is 42.0. The summed E-state index contributed by atoms with van der Waals surface area (Å²) in [7, 11) is 2.63. The second kappa shape index (κ2) is 11.2. The Hall–Kier alpha value is -2.94. The van der Waals surface area contributed by atoms with Crippen LogP contribution in [0.15, 0.2) is 27.8 Å². The first kappa shape index (κ1) is 24.1. The van der Waals surface area contributed by atoms with Crippen LogP contribution in [0.3, 0.4) is 0 Å². The molecule has 1 amide bonds. The first-order chi connectivity index (χ1) is 13.7. The van der Waals surface area contributed by atoms with E-state index in [-0.39, 0.29) is 23.7 Å². The molecule has 0 fully saturated rings. The fourth-order valence-electron chi connectivity index (χ4n) is 2.31. The fraction of sp³-hybridized carbons (Fsp3) is 0.450. The van der Waals surface area contributed by atoms with Gasteiger partial charge in [-0.3, -0.25) is 23.6 Å². The number of nitrogens with one attached hydrogen (secondary N) is 2. The zero-order valence-electron chi connectivity index (χ0n) is 17.8. The Bertz CT molecular complexity index is 966. The van der Waals surface area contributed by atoms with Gasteiger partial charge in [-0.1, -0.05) is 33.3 Å². The van der Waals surface area contributed by atoms with E-state index in [2.05, 4.69) is 24.6 Å². The Morgan fingerprint density at radius 3 is 2.31 bits per heavy atom. The summed E-state index contributed by atoms with van der Waals surface area (Å²) in [6.45, 7) is 8.09. The lowest BCUT2D eigenvalue weighted by molar-refractivity contribution is 0.0313. The molecule has 2 rings (SSSR count). The fourth-order valence-corrected chi connectivity index (χ4v) is 2.31. The number of halogens is 1. The van der Waals surface area contributed by atoms with Gasteiger partial charge in [-0.05, 0) is 31.0 Å². The molecular formula is C20H29FN4O4. The number of nitrogens with zero attached hydrogens (tertiary/aromatic N) is 2. The molecule has 1 aromatic carbocycles. The molecule has 8 nitrogen and oxygen atoms in total. The molecule has 0 aliphatic heterocycles. The zero-order chi connectivity index (χ0) is 22.1. The highest BCUT2D eigenvalue weighted by Gasteiger charge is 2.23. The molecule has 29 heavy (non-hydrogen) atoms. The largest absolute Gasteiger partial charge is 0.338 e. The summed E-state index contributed by atoms with van der Waals surface area (Å²) in [6.07, 6.45) is 1.91. The molecule has 0 bridgehead atoms. The second-order valence-corrected chi connectivity index (χ2v) is 6.52. The molecule has 0 aliphatic rings. The van der Waals surface area contributed by atoms with E-state index < -0.39 is 23.0 Å². The number of hydrogen-bond acceptors (Lipinski definition) is 5. The minimum absolute atomic E-state index is 0.0300. The van der Waals surface area contributed by atoms with E-state index in [0.717, 1.165) is 9.13 Å². The molecule has 0 spiro atoms. The highest BCUT2D eigenvalue weighted by atomic mass is 19.1. The standard InChI is InChI=1S/C17H21FN4O4.C3H8/c1-5-8-26-20-15(23)13-14(21(3)17(25)22(4)16(13)24)19-12-7-6-10(2)9-11(12)18;1-3-2/h6-7,9,19H,5,8H2,1-4H3,(H,20,23);3H2,1-2H3. The van der Waals surface area contributed by atoms with Crippen molar-refractivity contribution in [2.24, 2.45) is 14.1 Å². The molecule has 0 aliphatic carbocycles. The SMILES string of the molecule is CCC.CCCONC(=O)c1c(Nc2ccc(C)cc2F)n(C)c(=O)n(C)c1=O. The van der Waals surface area contributed by atoms with Gasteiger partial charge >= 0.3 is 5.69 Å². The first-order valence-corrected chi connectivity index (χ1v) is 9.44. The monoisotopic (exact) mass is 408 g/mol. The van der Waals surface area contributed by atoms with Crippen molar-refractivity contribution in [1.29, 1.82) is 0 Å².